The minimum atomic E-state index is 0.00191. The van der Waals surface area contributed by atoms with E-state index in [9.17, 15) is 4.79 Å². The van der Waals surface area contributed by atoms with Gasteiger partial charge in [0, 0.05) is 24.8 Å². The smallest absolute Gasteiger partial charge is 0.231 e. The number of thiazole rings is 1. The second-order valence-corrected chi connectivity index (χ2v) is 7.30. The molecular weight excluding hydrogens is 334 g/mol. The van der Waals surface area contributed by atoms with Crippen molar-refractivity contribution in [3.63, 3.8) is 0 Å². The largest absolute Gasteiger partial charge is 0.497 e. The molecule has 6 heteroatoms. The number of amides is 1. The summed E-state index contributed by atoms with van der Waals surface area (Å²) in [6, 6.07) is 13.8. The van der Waals surface area contributed by atoms with Crippen molar-refractivity contribution in [1.82, 2.24) is 4.98 Å². The molecule has 1 amide bonds. The molecule has 128 valence electrons. The van der Waals surface area contributed by atoms with Gasteiger partial charge in [0.1, 0.15) is 5.75 Å². The Balaban J connectivity index is 1.40. The highest BCUT2D eigenvalue weighted by molar-refractivity contribution is 7.22. The van der Waals surface area contributed by atoms with E-state index in [1.165, 1.54) is 0 Å². The lowest BCUT2D eigenvalue weighted by molar-refractivity contribution is -0.120. The van der Waals surface area contributed by atoms with Crippen molar-refractivity contribution in [2.45, 2.75) is 6.92 Å². The van der Waals surface area contributed by atoms with E-state index in [0.717, 1.165) is 32.3 Å². The molecule has 0 spiro atoms. The van der Waals surface area contributed by atoms with Gasteiger partial charge in [-0.1, -0.05) is 23.5 Å². The van der Waals surface area contributed by atoms with Crippen LogP contribution in [0.3, 0.4) is 0 Å². The van der Waals surface area contributed by atoms with Crippen LogP contribution in [0.4, 0.5) is 10.8 Å². The zero-order valence-electron chi connectivity index (χ0n) is 14.2. The first-order valence-electron chi connectivity index (χ1n) is 8.19. The van der Waals surface area contributed by atoms with Gasteiger partial charge in [-0.15, -0.1) is 0 Å². The molecule has 1 fully saturated rings. The molecule has 0 bridgehead atoms. The van der Waals surface area contributed by atoms with Crippen molar-refractivity contribution >= 4 is 38.3 Å². The molecule has 1 aliphatic heterocycles. The normalized spacial score (nSPS) is 14.4. The second kappa shape index (κ2) is 6.37. The number of rotatable bonds is 4. The summed E-state index contributed by atoms with van der Waals surface area (Å²) in [4.78, 5) is 19.2. The first-order chi connectivity index (χ1) is 12.1. The van der Waals surface area contributed by atoms with Crippen LogP contribution in [0.2, 0.25) is 0 Å². The fourth-order valence-electron chi connectivity index (χ4n) is 2.93. The Kier molecular flexibility index (Phi) is 4.05. The van der Waals surface area contributed by atoms with E-state index in [4.69, 9.17) is 4.74 Å². The predicted octanol–water partition coefficient (Wildman–Crippen LogP) is 3.69. The van der Waals surface area contributed by atoms with Crippen molar-refractivity contribution < 1.29 is 9.53 Å². The number of methoxy groups -OCH3 is 1. The lowest BCUT2D eigenvalue weighted by Crippen LogP contribution is -2.52. The Morgan fingerprint density at radius 1 is 1.28 bits per heavy atom. The van der Waals surface area contributed by atoms with Gasteiger partial charge in [0.05, 0.1) is 23.2 Å². The Morgan fingerprint density at radius 2 is 2.12 bits per heavy atom. The van der Waals surface area contributed by atoms with Crippen LogP contribution < -0.4 is 15.0 Å². The van der Waals surface area contributed by atoms with Gasteiger partial charge in [-0.2, -0.15) is 0 Å². The van der Waals surface area contributed by atoms with Crippen molar-refractivity contribution in [2.24, 2.45) is 5.92 Å². The monoisotopic (exact) mass is 353 g/mol. The molecule has 0 saturated carbocycles. The SMILES string of the molecule is COc1ccc2sc(N3CC(C(=O)Nc4cccc(C)c4)C3)nc2c1. The summed E-state index contributed by atoms with van der Waals surface area (Å²) in [6.07, 6.45) is 0. The fraction of sp³-hybridized carbons (Fsp3) is 0.263. The average molecular weight is 353 g/mol. The minimum Gasteiger partial charge on any atom is -0.497 e. The molecule has 1 N–H and O–H groups in total. The number of nitrogens with one attached hydrogen (secondary N) is 1. The van der Waals surface area contributed by atoms with Gasteiger partial charge in [-0.05, 0) is 36.8 Å². The summed E-state index contributed by atoms with van der Waals surface area (Å²) in [5, 5.41) is 3.96. The number of carbonyl (C=O) groups excluding carboxylic acids is 1. The van der Waals surface area contributed by atoms with Crippen LogP contribution >= 0.6 is 11.3 Å². The van der Waals surface area contributed by atoms with E-state index in [1.807, 2.05) is 49.4 Å². The summed E-state index contributed by atoms with van der Waals surface area (Å²) in [5.41, 5.74) is 2.93. The lowest BCUT2D eigenvalue weighted by atomic mass is 10.00. The third-order valence-electron chi connectivity index (χ3n) is 4.39. The number of ether oxygens (including phenoxy) is 1. The molecule has 0 aliphatic carbocycles. The van der Waals surface area contributed by atoms with E-state index in [1.54, 1.807) is 18.4 Å². The fourth-order valence-corrected chi connectivity index (χ4v) is 3.89. The van der Waals surface area contributed by atoms with Crippen molar-refractivity contribution in [3.05, 3.63) is 48.0 Å². The Hall–Kier alpha value is -2.60. The van der Waals surface area contributed by atoms with E-state index in [0.29, 0.717) is 13.1 Å². The summed E-state index contributed by atoms with van der Waals surface area (Å²) < 4.78 is 6.37. The Bertz CT molecular complexity index is 931. The molecule has 4 rings (SSSR count). The van der Waals surface area contributed by atoms with E-state index < -0.39 is 0 Å². The molecule has 0 unspecified atom stereocenters. The van der Waals surface area contributed by atoms with E-state index in [2.05, 4.69) is 15.2 Å². The molecule has 1 saturated heterocycles. The second-order valence-electron chi connectivity index (χ2n) is 6.29. The van der Waals surface area contributed by atoms with Crippen LogP contribution in [-0.2, 0) is 4.79 Å². The van der Waals surface area contributed by atoms with Crippen LogP contribution in [0.25, 0.3) is 10.2 Å². The zero-order chi connectivity index (χ0) is 17.4. The van der Waals surface area contributed by atoms with Gasteiger partial charge in [-0.3, -0.25) is 4.79 Å². The van der Waals surface area contributed by atoms with Gasteiger partial charge in [0.25, 0.3) is 0 Å². The number of anilines is 2. The Morgan fingerprint density at radius 3 is 2.88 bits per heavy atom. The number of benzene rings is 2. The standard InChI is InChI=1S/C19H19N3O2S/c1-12-4-3-5-14(8-12)20-18(23)13-10-22(11-13)19-21-16-9-15(24-2)6-7-17(16)25-19/h3-9,13H,10-11H2,1-2H3,(H,20,23). The van der Waals surface area contributed by atoms with Crippen LogP contribution in [0.5, 0.6) is 5.75 Å². The third kappa shape index (κ3) is 3.17. The van der Waals surface area contributed by atoms with Crippen molar-refractivity contribution in [2.75, 3.05) is 30.4 Å². The van der Waals surface area contributed by atoms with Crippen LogP contribution in [-0.4, -0.2) is 31.1 Å². The maximum atomic E-state index is 12.4. The van der Waals surface area contributed by atoms with Gasteiger partial charge in [0.15, 0.2) is 5.13 Å². The molecule has 0 radical (unpaired) electrons. The quantitative estimate of drug-likeness (QED) is 0.777. The highest BCUT2D eigenvalue weighted by atomic mass is 32.1. The van der Waals surface area contributed by atoms with Gasteiger partial charge in [-0.25, -0.2) is 4.98 Å². The number of fused-ring (bicyclic) bond motifs is 1. The van der Waals surface area contributed by atoms with E-state index in [-0.39, 0.29) is 11.8 Å². The molecule has 1 aromatic heterocycles. The van der Waals surface area contributed by atoms with E-state index >= 15 is 0 Å². The molecule has 0 atom stereocenters. The molecular formula is C19H19N3O2S. The molecule has 5 nitrogen and oxygen atoms in total. The third-order valence-corrected chi connectivity index (χ3v) is 5.49. The summed E-state index contributed by atoms with van der Waals surface area (Å²) in [6.45, 7) is 3.42. The van der Waals surface area contributed by atoms with Crippen molar-refractivity contribution in [1.29, 1.82) is 0 Å². The molecule has 2 aromatic carbocycles. The predicted molar refractivity (Wildman–Crippen MR) is 102 cm³/mol. The minimum absolute atomic E-state index is 0.00191. The number of aromatic nitrogens is 1. The van der Waals surface area contributed by atoms with Gasteiger partial charge < -0.3 is 15.0 Å². The summed E-state index contributed by atoms with van der Waals surface area (Å²) >= 11 is 1.65. The van der Waals surface area contributed by atoms with Crippen molar-refractivity contribution in [3.8, 4) is 5.75 Å². The van der Waals surface area contributed by atoms with Crippen LogP contribution in [0.1, 0.15) is 5.56 Å². The first-order valence-corrected chi connectivity index (χ1v) is 9.01. The summed E-state index contributed by atoms with van der Waals surface area (Å²) in [7, 11) is 1.65. The maximum absolute atomic E-state index is 12.4. The maximum Gasteiger partial charge on any atom is 0.231 e. The lowest BCUT2D eigenvalue weighted by Gasteiger charge is -2.37. The molecule has 25 heavy (non-hydrogen) atoms. The average Bonchev–Trinajstić information content (AvgIpc) is 2.95. The number of carbonyl (C=O) groups is 1. The van der Waals surface area contributed by atoms with Crippen LogP contribution in [0.15, 0.2) is 42.5 Å². The zero-order valence-corrected chi connectivity index (χ0v) is 15.0. The Labute approximate surface area is 150 Å². The number of nitrogens with zero attached hydrogens (tertiary/aromatic N) is 2. The highest BCUT2D eigenvalue weighted by Gasteiger charge is 2.34. The first kappa shape index (κ1) is 15.9. The number of hydrogen-bond donors (Lipinski definition) is 1. The summed E-state index contributed by atoms with van der Waals surface area (Å²) in [5.74, 6) is 0.884. The number of hydrogen-bond acceptors (Lipinski definition) is 5. The highest BCUT2D eigenvalue weighted by Crippen LogP contribution is 2.34. The van der Waals surface area contributed by atoms with Gasteiger partial charge >= 0.3 is 0 Å². The van der Waals surface area contributed by atoms with Crippen LogP contribution in [0, 0.1) is 12.8 Å². The molecule has 1 aliphatic rings. The van der Waals surface area contributed by atoms with Gasteiger partial charge in [0.2, 0.25) is 5.91 Å². The number of aryl methyl sites for hydroxylation is 1. The molecule has 2 heterocycles. The molecule has 3 aromatic rings. The topological polar surface area (TPSA) is 54.5 Å².